The van der Waals surface area contributed by atoms with Gasteiger partial charge in [0, 0.05) is 36.6 Å². The van der Waals surface area contributed by atoms with Crippen molar-refractivity contribution in [2.45, 2.75) is 25.5 Å². The maximum absolute atomic E-state index is 12.2. The van der Waals surface area contributed by atoms with Crippen LogP contribution in [0.15, 0.2) is 24.5 Å². The van der Waals surface area contributed by atoms with E-state index >= 15 is 0 Å². The van der Waals surface area contributed by atoms with Crippen molar-refractivity contribution in [3.05, 3.63) is 30.1 Å². The fraction of sp³-hybridized carbons (Fsp3) is 0.462. The molecule has 0 unspecified atom stereocenters. The van der Waals surface area contributed by atoms with Gasteiger partial charge in [-0.3, -0.25) is 0 Å². The van der Waals surface area contributed by atoms with Gasteiger partial charge in [0.2, 0.25) is 0 Å². The molecule has 0 saturated carbocycles. The summed E-state index contributed by atoms with van der Waals surface area (Å²) in [5.41, 5.74) is -2.38. The van der Waals surface area contributed by atoms with Gasteiger partial charge in [-0.05, 0) is 36.0 Å². The molecule has 0 aliphatic rings. The molecule has 0 aliphatic heterocycles. The van der Waals surface area contributed by atoms with Gasteiger partial charge < -0.3 is 9.88 Å². The highest BCUT2D eigenvalue weighted by atomic mass is 32.2. The van der Waals surface area contributed by atoms with Crippen LogP contribution in [0.3, 0.4) is 0 Å². The first kappa shape index (κ1) is 15.2. The van der Waals surface area contributed by atoms with E-state index < -0.39 is 5.51 Å². The van der Waals surface area contributed by atoms with Gasteiger partial charge in [0.1, 0.15) is 5.65 Å². The number of aryl methyl sites for hydroxylation is 1. The number of halogens is 3. The summed E-state index contributed by atoms with van der Waals surface area (Å²) in [6.07, 6.45) is 3.55. The zero-order valence-electron chi connectivity index (χ0n) is 11.1. The predicted molar refractivity (Wildman–Crippen MR) is 75.6 cm³/mol. The maximum atomic E-state index is 12.2. The van der Waals surface area contributed by atoms with Gasteiger partial charge in [0.15, 0.2) is 0 Å². The van der Waals surface area contributed by atoms with Crippen molar-refractivity contribution in [3.8, 4) is 0 Å². The highest BCUT2D eigenvalue weighted by Crippen LogP contribution is 2.30. The van der Waals surface area contributed by atoms with E-state index in [4.69, 9.17) is 0 Å². The van der Waals surface area contributed by atoms with Crippen molar-refractivity contribution in [2.75, 3.05) is 12.3 Å². The molecule has 0 radical (unpaired) electrons. The van der Waals surface area contributed by atoms with E-state index in [1.165, 1.54) is 0 Å². The summed E-state index contributed by atoms with van der Waals surface area (Å²) in [7, 11) is 0. The van der Waals surface area contributed by atoms with Crippen LogP contribution in [0.2, 0.25) is 0 Å². The van der Waals surface area contributed by atoms with Crippen LogP contribution in [0.4, 0.5) is 13.2 Å². The van der Waals surface area contributed by atoms with E-state index in [1.54, 1.807) is 10.8 Å². The Bertz CT molecular complexity index is 565. The number of hydrogen-bond donors (Lipinski definition) is 1. The minimum Gasteiger partial charge on any atom is -0.331 e. The van der Waals surface area contributed by atoms with Gasteiger partial charge in [-0.25, -0.2) is 4.98 Å². The molecule has 0 saturated heterocycles. The van der Waals surface area contributed by atoms with E-state index in [1.807, 2.05) is 25.3 Å². The number of thioether (sulfide) groups is 1. The lowest BCUT2D eigenvalue weighted by Gasteiger charge is -2.06. The number of aromatic nitrogens is 2. The minimum atomic E-state index is -4.18. The molecule has 20 heavy (non-hydrogen) atoms. The van der Waals surface area contributed by atoms with Crippen molar-refractivity contribution in [2.24, 2.45) is 0 Å². The number of nitrogens with zero attached hydrogens (tertiary/aromatic N) is 2. The summed E-state index contributed by atoms with van der Waals surface area (Å²) < 4.78 is 38.3. The normalized spacial score (nSPS) is 12.2. The molecular weight excluding hydrogens is 287 g/mol. The fourth-order valence-corrected chi connectivity index (χ4v) is 2.55. The van der Waals surface area contributed by atoms with Crippen molar-refractivity contribution < 1.29 is 13.2 Å². The Balaban J connectivity index is 2.16. The topological polar surface area (TPSA) is 29.9 Å². The van der Waals surface area contributed by atoms with Crippen LogP contribution >= 0.6 is 11.8 Å². The molecule has 2 heterocycles. The summed E-state index contributed by atoms with van der Waals surface area (Å²) >= 11 is -0.000156. The molecule has 2 rings (SSSR count). The van der Waals surface area contributed by atoms with E-state index in [-0.39, 0.29) is 17.5 Å². The Labute approximate surface area is 119 Å². The summed E-state index contributed by atoms with van der Waals surface area (Å²) in [5.74, 6) is -0.00942. The molecule has 0 atom stereocenters. The molecular formula is C13H16F3N3S. The smallest absolute Gasteiger partial charge is 0.331 e. The third-order valence-electron chi connectivity index (χ3n) is 2.88. The van der Waals surface area contributed by atoms with Crippen LogP contribution in [-0.4, -0.2) is 27.4 Å². The van der Waals surface area contributed by atoms with E-state index in [2.05, 4.69) is 10.3 Å². The maximum Gasteiger partial charge on any atom is 0.441 e. The molecule has 0 bridgehead atoms. The largest absolute Gasteiger partial charge is 0.441 e. The summed E-state index contributed by atoms with van der Waals surface area (Å²) in [6.45, 7) is 3.84. The summed E-state index contributed by atoms with van der Waals surface area (Å²) in [4.78, 5) is 4.27. The number of hydrogen-bond acceptors (Lipinski definition) is 3. The third-order valence-corrected chi connectivity index (χ3v) is 3.59. The lowest BCUT2D eigenvalue weighted by Crippen LogP contribution is -2.11. The van der Waals surface area contributed by atoms with Crippen molar-refractivity contribution in [1.82, 2.24) is 14.9 Å². The molecule has 7 heteroatoms. The number of pyridine rings is 1. The number of fused-ring (bicyclic) bond motifs is 1. The zero-order chi connectivity index (χ0) is 14.6. The lowest BCUT2D eigenvalue weighted by molar-refractivity contribution is -0.0328. The average Bonchev–Trinajstić information content (AvgIpc) is 2.74. The molecule has 0 aromatic carbocycles. The van der Waals surface area contributed by atoms with Crippen LogP contribution in [0.25, 0.3) is 11.0 Å². The monoisotopic (exact) mass is 303 g/mol. The summed E-state index contributed by atoms with van der Waals surface area (Å²) in [5, 5.41) is 4.22. The second-order valence-electron chi connectivity index (χ2n) is 4.30. The third kappa shape index (κ3) is 3.89. The molecule has 3 nitrogen and oxygen atoms in total. The molecule has 0 aliphatic carbocycles. The predicted octanol–water partition coefficient (Wildman–Crippen LogP) is 3.40. The number of alkyl halides is 3. The molecule has 2 aromatic heterocycles. The van der Waals surface area contributed by atoms with Gasteiger partial charge in [-0.2, -0.15) is 13.2 Å². The average molecular weight is 303 g/mol. The number of nitrogens with one attached hydrogen (secondary N) is 1. The van der Waals surface area contributed by atoms with Gasteiger partial charge in [-0.1, -0.05) is 6.92 Å². The van der Waals surface area contributed by atoms with Crippen molar-refractivity contribution in [3.63, 3.8) is 0 Å². The first-order chi connectivity index (χ1) is 9.51. The zero-order valence-corrected chi connectivity index (χ0v) is 11.9. The molecule has 2 aromatic rings. The van der Waals surface area contributed by atoms with Gasteiger partial charge in [0.05, 0.1) is 0 Å². The minimum absolute atomic E-state index is 0.000156. The highest BCUT2D eigenvalue weighted by Gasteiger charge is 2.27. The van der Waals surface area contributed by atoms with E-state index in [0.717, 1.165) is 23.1 Å². The first-order valence-electron chi connectivity index (χ1n) is 6.35. The SMILES string of the molecule is CCNCc1cn(CCSC(F)(F)F)c2ncccc12. The van der Waals surface area contributed by atoms with Gasteiger partial charge >= 0.3 is 5.51 Å². The summed E-state index contributed by atoms with van der Waals surface area (Å²) in [6, 6.07) is 3.79. The Hall–Kier alpha value is -1.21. The van der Waals surface area contributed by atoms with E-state index in [9.17, 15) is 13.2 Å². The standard InChI is InChI=1S/C13H16F3N3S/c1-2-17-8-10-9-19(6-7-20-13(14,15)16)12-11(10)4-3-5-18-12/h3-5,9,17H,2,6-8H2,1H3. The van der Waals surface area contributed by atoms with Crippen molar-refractivity contribution >= 4 is 22.8 Å². The van der Waals surface area contributed by atoms with Gasteiger partial charge in [-0.15, -0.1) is 0 Å². The Morgan fingerprint density at radius 2 is 2.20 bits per heavy atom. The molecule has 0 fully saturated rings. The molecule has 0 spiro atoms. The Morgan fingerprint density at radius 3 is 2.90 bits per heavy atom. The Morgan fingerprint density at radius 1 is 1.40 bits per heavy atom. The lowest BCUT2D eigenvalue weighted by atomic mass is 10.2. The van der Waals surface area contributed by atoms with Crippen LogP contribution in [-0.2, 0) is 13.1 Å². The quantitative estimate of drug-likeness (QED) is 0.887. The first-order valence-corrected chi connectivity index (χ1v) is 7.34. The van der Waals surface area contributed by atoms with Crippen LogP contribution in [0.5, 0.6) is 0 Å². The fourth-order valence-electron chi connectivity index (χ4n) is 2.03. The second-order valence-corrected chi connectivity index (χ2v) is 5.46. The van der Waals surface area contributed by atoms with Gasteiger partial charge in [0.25, 0.3) is 0 Å². The highest BCUT2D eigenvalue weighted by molar-refractivity contribution is 8.00. The van der Waals surface area contributed by atoms with Crippen LogP contribution < -0.4 is 5.32 Å². The molecule has 110 valence electrons. The van der Waals surface area contributed by atoms with Crippen molar-refractivity contribution in [1.29, 1.82) is 0 Å². The van der Waals surface area contributed by atoms with E-state index in [0.29, 0.717) is 13.1 Å². The van der Waals surface area contributed by atoms with Crippen LogP contribution in [0, 0.1) is 0 Å². The molecule has 1 N–H and O–H groups in total. The van der Waals surface area contributed by atoms with Crippen LogP contribution in [0.1, 0.15) is 12.5 Å². The second kappa shape index (κ2) is 6.49. The Kier molecular flexibility index (Phi) is 4.93. The molecule has 0 amide bonds. The number of rotatable bonds is 6.